The molecule has 0 aromatic carbocycles. The highest BCUT2D eigenvalue weighted by molar-refractivity contribution is 6.45. The van der Waals surface area contributed by atoms with Gasteiger partial charge in [0.1, 0.15) is 0 Å². The molecule has 0 saturated carbocycles. The third kappa shape index (κ3) is 14.4. The second-order valence-corrected chi connectivity index (χ2v) is 7.74. The summed E-state index contributed by atoms with van der Waals surface area (Å²) in [5, 5.41) is 16.8. The van der Waals surface area contributed by atoms with Crippen LogP contribution in [0.3, 0.4) is 0 Å². The first-order valence-electron chi connectivity index (χ1n) is 4.94. The first-order valence-corrected chi connectivity index (χ1v) is 9.25. The van der Waals surface area contributed by atoms with E-state index in [2.05, 4.69) is 0 Å². The van der Waals surface area contributed by atoms with Gasteiger partial charge in [-0.05, 0) is 0 Å². The van der Waals surface area contributed by atoms with Gasteiger partial charge in [0.05, 0.1) is 38.9 Å². The molecule has 9 heteroatoms. The fraction of sp³-hybridized carbons (Fsp3) is 1.00. The van der Waals surface area contributed by atoms with Crippen molar-refractivity contribution in [3.05, 3.63) is 0 Å². The van der Waals surface area contributed by atoms with E-state index >= 15 is 0 Å². The molecular formula is C6H20O6Si3. The van der Waals surface area contributed by atoms with Gasteiger partial charge >= 0.3 is 0 Å². The molecule has 0 atom stereocenters. The minimum Gasteiger partial charge on any atom is -0.444 e. The zero-order valence-corrected chi connectivity index (χ0v) is 13.1. The van der Waals surface area contributed by atoms with Gasteiger partial charge in [-0.15, -0.1) is 0 Å². The van der Waals surface area contributed by atoms with Crippen molar-refractivity contribution < 1.29 is 27.9 Å². The molecular weight excluding hydrogens is 252 g/mol. The van der Waals surface area contributed by atoms with Gasteiger partial charge in [-0.2, -0.15) is 0 Å². The van der Waals surface area contributed by atoms with Crippen molar-refractivity contribution in [3.63, 3.8) is 0 Å². The maximum atomic E-state index is 8.42. The Morgan fingerprint density at radius 3 is 1.67 bits per heavy atom. The van der Waals surface area contributed by atoms with E-state index in [4.69, 9.17) is 27.9 Å². The Bertz CT molecular complexity index is 107. The molecule has 0 fully saturated rings. The molecule has 0 aromatic rings. The second-order valence-electron chi connectivity index (χ2n) is 2.61. The lowest BCUT2D eigenvalue weighted by Crippen LogP contribution is -2.18. The van der Waals surface area contributed by atoms with Gasteiger partial charge in [0.2, 0.25) is 0 Å². The molecule has 0 rings (SSSR count). The summed E-state index contributed by atoms with van der Waals surface area (Å²) >= 11 is 0. The van der Waals surface area contributed by atoms with Gasteiger partial charge in [-0.3, -0.25) is 0 Å². The Morgan fingerprint density at radius 2 is 1.27 bits per heavy atom. The van der Waals surface area contributed by atoms with Crippen LogP contribution in [0.5, 0.6) is 0 Å². The fourth-order valence-electron chi connectivity index (χ4n) is 0.746. The van der Waals surface area contributed by atoms with Crippen LogP contribution in [-0.4, -0.2) is 78.6 Å². The third-order valence-corrected chi connectivity index (χ3v) is 5.94. The average molecular weight is 272 g/mol. The first kappa shape index (κ1) is 15.4. The van der Waals surface area contributed by atoms with Crippen molar-refractivity contribution in [2.75, 3.05) is 38.9 Å². The van der Waals surface area contributed by atoms with Crippen LogP contribution in [0.15, 0.2) is 0 Å². The molecule has 0 bridgehead atoms. The van der Waals surface area contributed by atoms with E-state index in [-0.39, 0.29) is 13.2 Å². The summed E-state index contributed by atoms with van der Waals surface area (Å²) < 4.78 is 20.8. The van der Waals surface area contributed by atoms with Crippen LogP contribution in [0.1, 0.15) is 0 Å². The van der Waals surface area contributed by atoms with Gasteiger partial charge in [0.25, 0.3) is 10.0 Å². The maximum absolute atomic E-state index is 8.42. The van der Waals surface area contributed by atoms with E-state index in [1.54, 1.807) is 0 Å². The summed E-state index contributed by atoms with van der Waals surface area (Å²) in [5.74, 6) is 0. The Morgan fingerprint density at radius 1 is 0.800 bits per heavy atom. The monoisotopic (exact) mass is 272 g/mol. The molecule has 0 heterocycles. The molecule has 2 N–H and O–H groups in total. The molecule has 0 aromatic heterocycles. The SMILES string of the molecule is OCCOC[SiH2]O[SiH2]O[SiH2]COCCO. The number of rotatable bonds is 12. The molecule has 15 heavy (non-hydrogen) atoms. The van der Waals surface area contributed by atoms with Gasteiger partial charge < -0.3 is 27.9 Å². The minimum atomic E-state index is -0.819. The lowest BCUT2D eigenvalue weighted by atomic mass is 10.8. The molecule has 0 radical (unpaired) electrons. The highest BCUT2D eigenvalue weighted by atomic mass is 28.4. The number of ether oxygens (including phenoxy) is 2. The van der Waals surface area contributed by atoms with Crippen LogP contribution in [0.2, 0.25) is 0 Å². The molecule has 0 aliphatic rings. The van der Waals surface area contributed by atoms with Crippen molar-refractivity contribution in [1.82, 2.24) is 0 Å². The van der Waals surface area contributed by atoms with E-state index in [9.17, 15) is 0 Å². The number of aliphatic hydroxyl groups is 2. The lowest BCUT2D eigenvalue weighted by molar-refractivity contribution is 0.117. The molecule has 0 amide bonds. The predicted octanol–water partition coefficient (Wildman–Crippen LogP) is -3.88. The first-order chi connectivity index (χ1) is 7.41. The fourth-order valence-corrected chi connectivity index (χ4v) is 4.81. The van der Waals surface area contributed by atoms with Crippen LogP contribution >= 0.6 is 0 Å². The Labute approximate surface area is 96.8 Å². The normalized spacial score (nSPS) is 13.2. The Kier molecular flexibility index (Phi) is 14.8. The Balaban J connectivity index is 2.81. The molecule has 0 aliphatic heterocycles. The van der Waals surface area contributed by atoms with Crippen molar-refractivity contribution in [1.29, 1.82) is 0 Å². The molecule has 0 aliphatic carbocycles. The molecule has 0 unspecified atom stereocenters. The van der Waals surface area contributed by atoms with Gasteiger partial charge in [0.15, 0.2) is 19.5 Å². The summed E-state index contributed by atoms with van der Waals surface area (Å²) in [6.45, 7) is 0.917. The topological polar surface area (TPSA) is 77.4 Å². The van der Waals surface area contributed by atoms with E-state index < -0.39 is 29.5 Å². The highest BCUT2D eigenvalue weighted by Crippen LogP contribution is 1.76. The lowest BCUT2D eigenvalue weighted by Gasteiger charge is -2.05. The number of hydrogen-bond acceptors (Lipinski definition) is 6. The summed E-state index contributed by atoms with van der Waals surface area (Å²) in [6, 6.07) is 0. The second kappa shape index (κ2) is 14.4. The smallest absolute Gasteiger partial charge is 0.283 e. The predicted molar refractivity (Wildman–Crippen MR) is 63.6 cm³/mol. The van der Waals surface area contributed by atoms with Gasteiger partial charge in [-0.25, -0.2) is 0 Å². The molecule has 92 valence electrons. The summed E-state index contributed by atoms with van der Waals surface area (Å²) in [5.41, 5.74) is 0. The van der Waals surface area contributed by atoms with E-state index in [1.165, 1.54) is 0 Å². The third-order valence-electron chi connectivity index (χ3n) is 1.38. The standard InChI is InChI=1S/C6H20O6Si3/c7-1-3-9-5-13-11-15-12-14-6-10-4-2-8/h7-8H,1-6,13-15H2. The summed E-state index contributed by atoms with van der Waals surface area (Å²) in [7, 11) is -2.03. The highest BCUT2D eigenvalue weighted by Gasteiger charge is 1.93. The van der Waals surface area contributed by atoms with Crippen LogP contribution in [0.25, 0.3) is 0 Å². The molecule has 6 nitrogen and oxygen atoms in total. The van der Waals surface area contributed by atoms with Crippen LogP contribution < -0.4 is 0 Å². The van der Waals surface area contributed by atoms with Crippen LogP contribution in [0, 0.1) is 0 Å². The van der Waals surface area contributed by atoms with Crippen molar-refractivity contribution >= 4 is 29.5 Å². The quantitative estimate of drug-likeness (QED) is 0.280. The summed E-state index contributed by atoms with van der Waals surface area (Å²) in [6.07, 6.45) is 1.28. The van der Waals surface area contributed by atoms with Crippen molar-refractivity contribution in [2.45, 2.75) is 0 Å². The molecule has 0 spiro atoms. The van der Waals surface area contributed by atoms with E-state index in [0.717, 1.165) is 0 Å². The van der Waals surface area contributed by atoms with E-state index in [1.807, 2.05) is 0 Å². The largest absolute Gasteiger partial charge is 0.444 e. The van der Waals surface area contributed by atoms with Crippen LogP contribution in [-0.2, 0) is 17.7 Å². The number of aliphatic hydroxyl groups excluding tert-OH is 2. The molecule has 0 saturated heterocycles. The maximum Gasteiger partial charge on any atom is 0.283 e. The summed E-state index contributed by atoms with van der Waals surface area (Å²) in [4.78, 5) is 0. The van der Waals surface area contributed by atoms with E-state index in [0.29, 0.717) is 25.7 Å². The minimum absolute atomic E-state index is 0.0669. The Hall–Kier alpha value is 0.411. The number of hydrogen-bond donors (Lipinski definition) is 2. The van der Waals surface area contributed by atoms with Gasteiger partial charge in [-0.1, -0.05) is 0 Å². The zero-order chi connectivity index (χ0) is 11.2. The van der Waals surface area contributed by atoms with Crippen LogP contribution in [0.4, 0.5) is 0 Å². The average Bonchev–Trinajstić information content (AvgIpc) is 2.26. The van der Waals surface area contributed by atoms with Crippen molar-refractivity contribution in [2.24, 2.45) is 0 Å². The zero-order valence-electron chi connectivity index (χ0n) is 8.89. The van der Waals surface area contributed by atoms with Gasteiger partial charge in [0, 0.05) is 0 Å². The van der Waals surface area contributed by atoms with Crippen molar-refractivity contribution in [3.8, 4) is 0 Å².